The van der Waals surface area contributed by atoms with Gasteiger partial charge in [-0.25, -0.2) is 18.6 Å². The lowest BCUT2D eigenvalue weighted by Gasteiger charge is -2.38. The Morgan fingerprint density at radius 1 is 1.22 bits per heavy atom. The lowest BCUT2D eigenvalue weighted by atomic mass is 9.98. The van der Waals surface area contributed by atoms with Gasteiger partial charge in [-0.15, -0.1) is 0 Å². The van der Waals surface area contributed by atoms with Gasteiger partial charge in [-0.1, -0.05) is 0 Å². The highest BCUT2D eigenvalue weighted by molar-refractivity contribution is 5.93. The summed E-state index contributed by atoms with van der Waals surface area (Å²) in [6.07, 6.45) is -1.19. The molecule has 180 valence electrons. The molecule has 3 aliphatic heterocycles. The summed E-state index contributed by atoms with van der Waals surface area (Å²) < 4.78 is 65.1. The molecule has 4 rings (SSSR count). The Morgan fingerprint density at radius 3 is 2.34 bits per heavy atom. The van der Waals surface area contributed by atoms with Crippen LogP contribution in [-0.2, 0) is 16.1 Å². The van der Waals surface area contributed by atoms with Gasteiger partial charge in [-0.2, -0.15) is 13.2 Å². The summed E-state index contributed by atoms with van der Waals surface area (Å²) in [5.74, 6) is -4.40. The highest BCUT2D eigenvalue weighted by Gasteiger charge is 2.47. The number of amides is 1. The predicted molar refractivity (Wildman–Crippen MR) is 100 cm³/mol. The van der Waals surface area contributed by atoms with Crippen molar-refractivity contribution in [1.82, 2.24) is 19.4 Å². The van der Waals surface area contributed by atoms with Crippen molar-refractivity contribution in [2.75, 3.05) is 39.4 Å². The Balaban J connectivity index is 0.000000360. The van der Waals surface area contributed by atoms with Crippen molar-refractivity contribution < 1.29 is 41.4 Å². The van der Waals surface area contributed by atoms with Crippen LogP contribution in [0.3, 0.4) is 0 Å². The Bertz CT molecular complexity index is 830. The molecule has 3 aliphatic rings. The quantitative estimate of drug-likeness (QED) is 0.686. The number of ether oxygens (including phenoxy) is 1. The molecule has 1 N–H and O–H groups in total. The van der Waals surface area contributed by atoms with Crippen LogP contribution < -0.4 is 0 Å². The third kappa shape index (κ3) is 5.74. The minimum atomic E-state index is -5.08. The largest absolute Gasteiger partial charge is 0.490 e. The number of alkyl halides is 5. The number of carbonyl (C=O) groups is 2. The molecular weight excluding hydrogens is 443 g/mol. The van der Waals surface area contributed by atoms with Crippen molar-refractivity contribution in [2.45, 2.75) is 44.5 Å². The minimum Gasteiger partial charge on any atom is -0.475 e. The SMILES string of the molecule is CC1c2nc(C(=O)N3CC(F)(F)C3)cn2CCN1CC1CCOCC1.O=C(O)C(F)(F)F. The van der Waals surface area contributed by atoms with Crippen LogP contribution >= 0.6 is 0 Å². The number of aliphatic carboxylic acids is 1. The molecule has 0 spiro atoms. The van der Waals surface area contributed by atoms with E-state index in [9.17, 15) is 26.7 Å². The molecule has 1 aromatic heterocycles. The van der Waals surface area contributed by atoms with Gasteiger partial charge in [0.2, 0.25) is 0 Å². The van der Waals surface area contributed by atoms with Gasteiger partial charge in [-0.3, -0.25) is 9.69 Å². The summed E-state index contributed by atoms with van der Waals surface area (Å²) in [5.41, 5.74) is 0.283. The number of imidazole rings is 1. The van der Waals surface area contributed by atoms with E-state index in [2.05, 4.69) is 16.8 Å². The predicted octanol–water partition coefficient (Wildman–Crippen LogP) is 2.41. The molecule has 1 unspecified atom stereocenters. The number of likely N-dealkylation sites (tertiary alicyclic amines) is 1. The zero-order valence-electron chi connectivity index (χ0n) is 17.4. The fourth-order valence-electron chi connectivity index (χ4n) is 3.97. The maximum Gasteiger partial charge on any atom is 0.490 e. The lowest BCUT2D eigenvalue weighted by molar-refractivity contribution is -0.192. The maximum absolute atomic E-state index is 13.0. The van der Waals surface area contributed by atoms with Gasteiger partial charge in [0.1, 0.15) is 11.5 Å². The minimum absolute atomic E-state index is 0.121. The van der Waals surface area contributed by atoms with Crippen molar-refractivity contribution in [1.29, 1.82) is 0 Å². The van der Waals surface area contributed by atoms with Crippen molar-refractivity contribution in [3.8, 4) is 0 Å². The molecule has 0 aliphatic carbocycles. The molecule has 1 aromatic rings. The van der Waals surface area contributed by atoms with Crippen molar-refractivity contribution >= 4 is 11.9 Å². The molecule has 1 atom stereocenters. The fourth-order valence-corrected chi connectivity index (χ4v) is 3.97. The fraction of sp³-hybridized carbons (Fsp3) is 0.737. The maximum atomic E-state index is 13.0. The zero-order chi connectivity index (χ0) is 23.7. The van der Waals surface area contributed by atoms with Crippen LogP contribution in [-0.4, -0.2) is 87.8 Å². The molecule has 4 heterocycles. The third-order valence-electron chi connectivity index (χ3n) is 5.78. The number of hydrogen-bond donors (Lipinski definition) is 1. The topological polar surface area (TPSA) is 87.9 Å². The van der Waals surface area contributed by atoms with Crippen LogP contribution in [0.15, 0.2) is 6.20 Å². The molecule has 32 heavy (non-hydrogen) atoms. The van der Waals surface area contributed by atoms with E-state index in [1.165, 1.54) is 4.90 Å². The number of carboxylic acids is 1. The van der Waals surface area contributed by atoms with Crippen LogP contribution in [0, 0.1) is 5.92 Å². The van der Waals surface area contributed by atoms with E-state index in [0.29, 0.717) is 5.92 Å². The number of halogens is 5. The van der Waals surface area contributed by atoms with Crippen LogP contribution in [0.5, 0.6) is 0 Å². The van der Waals surface area contributed by atoms with Gasteiger partial charge in [0.15, 0.2) is 0 Å². The van der Waals surface area contributed by atoms with E-state index >= 15 is 0 Å². The van der Waals surface area contributed by atoms with Gasteiger partial charge in [0.25, 0.3) is 11.8 Å². The zero-order valence-corrected chi connectivity index (χ0v) is 17.4. The molecule has 8 nitrogen and oxygen atoms in total. The number of rotatable bonds is 3. The smallest absolute Gasteiger partial charge is 0.475 e. The molecule has 1 amide bonds. The van der Waals surface area contributed by atoms with Crippen molar-refractivity contribution in [3.63, 3.8) is 0 Å². The normalized spacial score (nSPS) is 23.6. The highest BCUT2D eigenvalue weighted by Crippen LogP contribution is 2.30. The first kappa shape index (κ1) is 24.4. The van der Waals surface area contributed by atoms with E-state index in [-0.39, 0.29) is 11.7 Å². The Labute approximate surface area is 180 Å². The summed E-state index contributed by atoms with van der Waals surface area (Å²) in [6.45, 7) is 5.47. The molecule has 0 saturated carbocycles. The van der Waals surface area contributed by atoms with E-state index in [0.717, 1.165) is 51.5 Å². The van der Waals surface area contributed by atoms with Gasteiger partial charge < -0.3 is 19.3 Å². The average molecular weight is 468 g/mol. The van der Waals surface area contributed by atoms with Gasteiger partial charge in [-0.05, 0) is 25.7 Å². The molecule has 0 aromatic carbocycles. The second kappa shape index (κ2) is 9.30. The standard InChI is InChI=1S/C17H24F2N4O2.C2HF3O2/c1-12-15-20-14(16(24)23-10-17(18,19)11-23)9-22(15)5-4-21(12)8-13-2-6-25-7-3-13;3-2(4,5)1(6)7/h9,12-13H,2-8,10-11H2,1H3;(H,6,7). The summed E-state index contributed by atoms with van der Waals surface area (Å²) in [5, 5.41) is 7.12. The Kier molecular flexibility index (Phi) is 7.08. The van der Waals surface area contributed by atoms with Crippen LogP contribution in [0.2, 0.25) is 0 Å². The Morgan fingerprint density at radius 2 is 1.81 bits per heavy atom. The molecule has 0 bridgehead atoms. The Hall–Kier alpha value is -2.28. The number of carbonyl (C=O) groups excluding carboxylic acids is 1. The summed E-state index contributed by atoms with van der Waals surface area (Å²) in [4.78, 5) is 29.3. The molecule has 13 heteroatoms. The summed E-state index contributed by atoms with van der Waals surface area (Å²) in [6, 6.07) is 0.121. The van der Waals surface area contributed by atoms with Gasteiger partial charge in [0.05, 0.1) is 19.1 Å². The number of carboxylic acid groups (broad SMARTS) is 1. The van der Waals surface area contributed by atoms with Crippen LogP contribution in [0.4, 0.5) is 22.0 Å². The van der Waals surface area contributed by atoms with E-state index in [1.807, 2.05) is 4.57 Å². The van der Waals surface area contributed by atoms with Crippen LogP contribution in [0.1, 0.15) is 42.1 Å². The number of aromatic nitrogens is 2. The first-order chi connectivity index (χ1) is 14.9. The number of hydrogen-bond acceptors (Lipinski definition) is 5. The number of nitrogens with zero attached hydrogens (tertiary/aromatic N) is 4. The second-order valence-corrected chi connectivity index (χ2v) is 8.22. The molecule has 0 radical (unpaired) electrons. The van der Waals surface area contributed by atoms with E-state index < -0.39 is 37.1 Å². The molecule has 2 saturated heterocycles. The molecule has 2 fully saturated rings. The van der Waals surface area contributed by atoms with Crippen LogP contribution in [0.25, 0.3) is 0 Å². The van der Waals surface area contributed by atoms with E-state index in [4.69, 9.17) is 14.6 Å². The first-order valence-corrected chi connectivity index (χ1v) is 10.2. The average Bonchev–Trinajstić information content (AvgIpc) is 3.13. The lowest BCUT2D eigenvalue weighted by Crippen LogP contribution is -2.58. The van der Waals surface area contributed by atoms with Gasteiger partial charge >= 0.3 is 12.1 Å². The third-order valence-corrected chi connectivity index (χ3v) is 5.78. The molecular formula is C19H25F5N4O4. The second-order valence-electron chi connectivity index (χ2n) is 8.22. The van der Waals surface area contributed by atoms with Gasteiger partial charge in [0, 0.05) is 39.0 Å². The number of fused-ring (bicyclic) bond motifs is 1. The van der Waals surface area contributed by atoms with Crippen molar-refractivity contribution in [2.24, 2.45) is 5.92 Å². The van der Waals surface area contributed by atoms with Crippen molar-refractivity contribution in [3.05, 3.63) is 17.7 Å². The first-order valence-electron chi connectivity index (χ1n) is 10.2. The van der Waals surface area contributed by atoms with E-state index in [1.54, 1.807) is 6.20 Å². The summed E-state index contributed by atoms with van der Waals surface area (Å²) in [7, 11) is 0. The highest BCUT2D eigenvalue weighted by atomic mass is 19.4. The summed E-state index contributed by atoms with van der Waals surface area (Å²) >= 11 is 0. The monoisotopic (exact) mass is 468 g/mol.